The Hall–Kier alpha value is -2.85. The normalized spacial score (nSPS) is 13.9. The Bertz CT molecular complexity index is 1030. The number of allylic oxidation sites excluding steroid dienone is 3. The molecule has 0 radical (unpaired) electrons. The van der Waals surface area contributed by atoms with Gasteiger partial charge in [0.1, 0.15) is 5.76 Å². The summed E-state index contributed by atoms with van der Waals surface area (Å²) >= 11 is 1.26. The molecule has 0 unspecified atom stereocenters. The van der Waals surface area contributed by atoms with Gasteiger partial charge in [0.25, 0.3) is 0 Å². The molecule has 0 spiro atoms. The summed E-state index contributed by atoms with van der Waals surface area (Å²) in [5.41, 5.74) is 0.217. The first-order chi connectivity index (χ1) is 13.4. The molecular weight excluding hydrogens is 402 g/mol. The van der Waals surface area contributed by atoms with Gasteiger partial charge in [-0.15, -0.1) is 11.3 Å². The van der Waals surface area contributed by atoms with Crippen molar-refractivity contribution in [2.45, 2.75) is 17.7 Å². The number of anilines is 2. The maximum atomic E-state index is 12.3. The van der Waals surface area contributed by atoms with E-state index >= 15 is 0 Å². The SMILES string of the molecule is COC1=C(Oc2ccc(S(C)(=O)=O)cc2NC(=O)Nc2nccs2)CCC=C1. The second kappa shape index (κ2) is 8.44. The molecule has 1 heterocycles. The highest BCUT2D eigenvalue weighted by atomic mass is 32.2. The number of methoxy groups -OCH3 is 1. The van der Waals surface area contributed by atoms with Crippen molar-refractivity contribution < 1.29 is 22.7 Å². The molecule has 8 nitrogen and oxygen atoms in total. The van der Waals surface area contributed by atoms with E-state index in [1.807, 2.05) is 12.2 Å². The van der Waals surface area contributed by atoms with Crippen molar-refractivity contribution >= 4 is 38.0 Å². The Balaban J connectivity index is 1.91. The van der Waals surface area contributed by atoms with Crippen LogP contribution in [0.4, 0.5) is 15.6 Å². The van der Waals surface area contributed by atoms with Gasteiger partial charge < -0.3 is 14.8 Å². The van der Waals surface area contributed by atoms with Crippen LogP contribution >= 0.6 is 11.3 Å². The minimum atomic E-state index is -3.46. The molecule has 2 amide bonds. The Labute approximate surface area is 166 Å². The largest absolute Gasteiger partial charge is 0.493 e. The molecule has 10 heteroatoms. The van der Waals surface area contributed by atoms with E-state index in [4.69, 9.17) is 9.47 Å². The Morgan fingerprint density at radius 3 is 2.79 bits per heavy atom. The Morgan fingerprint density at radius 2 is 2.11 bits per heavy atom. The van der Waals surface area contributed by atoms with Crippen molar-refractivity contribution in [1.29, 1.82) is 0 Å². The van der Waals surface area contributed by atoms with E-state index < -0.39 is 15.9 Å². The third-order valence-corrected chi connectivity index (χ3v) is 5.61. The monoisotopic (exact) mass is 421 g/mol. The number of amides is 2. The summed E-state index contributed by atoms with van der Waals surface area (Å²) in [6.07, 6.45) is 7.86. The van der Waals surface area contributed by atoms with Crippen molar-refractivity contribution in [2.24, 2.45) is 0 Å². The summed E-state index contributed by atoms with van der Waals surface area (Å²) in [7, 11) is -1.92. The number of benzene rings is 1. The maximum Gasteiger partial charge on any atom is 0.325 e. The molecule has 0 saturated heterocycles. The standard InChI is InChI=1S/C18H19N3O5S2/c1-25-15-5-3-4-6-16(15)26-14-8-7-12(28(2,23)24)11-13(14)20-17(22)21-18-19-9-10-27-18/h3,5,7-11H,4,6H2,1-2H3,(H2,19,20,21,22). The van der Waals surface area contributed by atoms with Gasteiger partial charge in [0, 0.05) is 24.3 Å². The summed E-state index contributed by atoms with van der Waals surface area (Å²) in [5.74, 6) is 1.48. The number of nitrogens with zero attached hydrogens (tertiary/aromatic N) is 1. The Kier molecular flexibility index (Phi) is 6.00. The highest BCUT2D eigenvalue weighted by Gasteiger charge is 2.18. The van der Waals surface area contributed by atoms with Crippen LogP contribution in [0.5, 0.6) is 5.75 Å². The number of ether oxygens (including phenoxy) is 2. The van der Waals surface area contributed by atoms with Crippen LogP contribution in [0.1, 0.15) is 12.8 Å². The van der Waals surface area contributed by atoms with Gasteiger partial charge in [-0.1, -0.05) is 6.08 Å². The number of urea groups is 1. The molecule has 0 aliphatic heterocycles. The summed E-state index contributed by atoms with van der Waals surface area (Å²) in [4.78, 5) is 16.3. The molecule has 0 saturated carbocycles. The number of aromatic nitrogens is 1. The van der Waals surface area contributed by atoms with E-state index in [1.54, 1.807) is 18.7 Å². The lowest BCUT2D eigenvalue weighted by atomic mass is 10.1. The summed E-state index contributed by atoms with van der Waals surface area (Å²) in [6.45, 7) is 0. The number of thiazole rings is 1. The first kappa shape index (κ1) is 19.9. The number of sulfone groups is 1. The molecule has 2 aromatic rings. The number of rotatable bonds is 6. The molecule has 1 aromatic heterocycles. The maximum absolute atomic E-state index is 12.3. The number of carbonyl (C=O) groups excluding carboxylic acids is 1. The fourth-order valence-electron chi connectivity index (χ4n) is 2.50. The van der Waals surface area contributed by atoms with Crippen LogP contribution in [-0.2, 0) is 14.6 Å². The van der Waals surface area contributed by atoms with Crippen molar-refractivity contribution in [2.75, 3.05) is 24.0 Å². The molecule has 0 fully saturated rings. The fourth-order valence-corrected chi connectivity index (χ4v) is 3.67. The van der Waals surface area contributed by atoms with E-state index in [0.29, 0.717) is 28.8 Å². The van der Waals surface area contributed by atoms with E-state index in [1.165, 1.54) is 29.5 Å². The lowest BCUT2D eigenvalue weighted by molar-refractivity contribution is 0.261. The van der Waals surface area contributed by atoms with Gasteiger partial charge in [-0.25, -0.2) is 18.2 Å². The number of hydrogen-bond acceptors (Lipinski definition) is 7. The number of hydrogen-bond donors (Lipinski definition) is 2. The minimum Gasteiger partial charge on any atom is -0.493 e. The fraction of sp³-hybridized carbons (Fsp3) is 0.222. The van der Waals surface area contributed by atoms with Gasteiger partial charge in [-0.3, -0.25) is 5.32 Å². The molecule has 1 aliphatic rings. The average Bonchev–Trinajstić information content (AvgIpc) is 3.15. The third kappa shape index (κ3) is 4.90. The highest BCUT2D eigenvalue weighted by molar-refractivity contribution is 7.90. The van der Waals surface area contributed by atoms with Gasteiger partial charge in [-0.05, 0) is 30.7 Å². The average molecular weight is 422 g/mol. The molecule has 0 atom stereocenters. The van der Waals surface area contributed by atoms with Gasteiger partial charge in [0.05, 0.1) is 17.7 Å². The van der Waals surface area contributed by atoms with E-state index in [9.17, 15) is 13.2 Å². The molecule has 28 heavy (non-hydrogen) atoms. The molecular formula is C18H19N3O5S2. The van der Waals surface area contributed by atoms with Crippen LogP contribution < -0.4 is 15.4 Å². The van der Waals surface area contributed by atoms with Gasteiger partial charge in [-0.2, -0.15) is 0 Å². The molecule has 0 bridgehead atoms. The smallest absolute Gasteiger partial charge is 0.325 e. The van der Waals surface area contributed by atoms with Crippen molar-refractivity contribution in [3.05, 3.63) is 53.4 Å². The van der Waals surface area contributed by atoms with E-state index in [2.05, 4.69) is 15.6 Å². The lowest BCUT2D eigenvalue weighted by Crippen LogP contribution is -2.20. The summed E-state index contributed by atoms with van der Waals surface area (Å²) < 4.78 is 35.1. The quantitative estimate of drug-likeness (QED) is 0.735. The topological polar surface area (TPSA) is 107 Å². The first-order valence-electron chi connectivity index (χ1n) is 8.30. The second-order valence-electron chi connectivity index (χ2n) is 5.88. The highest BCUT2D eigenvalue weighted by Crippen LogP contribution is 2.32. The molecule has 148 valence electrons. The lowest BCUT2D eigenvalue weighted by Gasteiger charge is -2.18. The van der Waals surface area contributed by atoms with Crippen LogP contribution in [0.2, 0.25) is 0 Å². The van der Waals surface area contributed by atoms with Crippen LogP contribution in [0, 0.1) is 0 Å². The zero-order valence-electron chi connectivity index (χ0n) is 15.3. The Morgan fingerprint density at radius 1 is 1.29 bits per heavy atom. The molecule has 1 aromatic carbocycles. The molecule has 1 aliphatic carbocycles. The third-order valence-electron chi connectivity index (χ3n) is 3.82. The van der Waals surface area contributed by atoms with Crippen molar-refractivity contribution in [3.8, 4) is 5.75 Å². The molecule has 2 N–H and O–H groups in total. The van der Waals surface area contributed by atoms with Gasteiger partial charge in [0.15, 0.2) is 26.5 Å². The van der Waals surface area contributed by atoms with Crippen molar-refractivity contribution in [1.82, 2.24) is 4.98 Å². The zero-order valence-corrected chi connectivity index (χ0v) is 16.9. The predicted molar refractivity (Wildman–Crippen MR) is 107 cm³/mol. The zero-order chi connectivity index (χ0) is 20.1. The van der Waals surface area contributed by atoms with Gasteiger partial charge >= 0.3 is 6.03 Å². The van der Waals surface area contributed by atoms with Crippen LogP contribution in [0.15, 0.2) is 58.3 Å². The number of nitrogens with one attached hydrogen (secondary N) is 2. The minimum absolute atomic E-state index is 0.0638. The first-order valence-corrected chi connectivity index (χ1v) is 11.1. The van der Waals surface area contributed by atoms with Crippen LogP contribution in [-0.4, -0.2) is 32.8 Å². The van der Waals surface area contributed by atoms with Crippen molar-refractivity contribution in [3.63, 3.8) is 0 Å². The van der Waals surface area contributed by atoms with Crippen LogP contribution in [0.3, 0.4) is 0 Å². The predicted octanol–water partition coefficient (Wildman–Crippen LogP) is 3.78. The summed E-state index contributed by atoms with van der Waals surface area (Å²) in [6, 6.07) is 3.74. The van der Waals surface area contributed by atoms with E-state index in [-0.39, 0.29) is 10.6 Å². The van der Waals surface area contributed by atoms with Gasteiger partial charge in [0.2, 0.25) is 0 Å². The summed E-state index contributed by atoms with van der Waals surface area (Å²) in [5, 5.41) is 7.36. The van der Waals surface area contributed by atoms with Crippen LogP contribution in [0.25, 0.3) is 0 Å². The number of carbonyl (C=O) groups is 1. The molecule has 3 rings (SSSR count). The second-order valence-corrected chi connectivity index (χ2v) is 8.79. The van der Waals surface area contributed by atoms with E-state index in [0.717, 1.165) is 12.7 Å².